The van der Waals surface area contributed by atoms with Crippen LogP contribution in [0.25, 0.3) is 82.8 Å². The molecule has 0 aliphatic carbocycles. The molecule has 0 spiro atoms. The van der Waals surface area contributed by atoms with Gasteiger partial charge in [0.25, 0.3) is 0 Å². The van der Waals surface area contributed by atoms with Crippen molar-refractivity contribution in [2.45, 2.75) is 0 Å². The molecule has 5 heteroatoms. The molecule has 0 amide bonds. The van der Waals surface area contributed by atoms with Crippen LogP contribution in [0.2, 0.25) is 0 Å². The number of hydrogen-bond acceptors (Lipinski definition) is 3. The first kappa shape index (κ1) is 28.7. The Labute approximate surface area is 305 Å². The highest BCUT2D eigenvalue weighted by molar-refractivity contribution is 6.84. The van der Waals surface area contributed by atoms with E-state index >= 15 is 0 Å². The second-order valence-corrected chi connectivity index (χ2v) is 14.0. The van der Waals surface area contributed by atoms with Crippen molar-refractivity contribution < 1.29 is 13.8 Å². The number of hydrogen-bond donors (Lipinski definition) is 0. The third-order valence-corrected chi connectivity index (χ3v) is 11.1. The van der Waals surface area contributed by atoms with Gasteiger partial charge in [0.2, 0.25) is 0 Å². The fraction of sp³-hybridized carbons (Fsp3) is 0. The molecule has 10 aromatic rings. The largest absolute Gasteiger partial charge is 0.551 e. The summed E-state index contributed by atoms with van der Waals surface area (Å²) in [7, 11) is 0. The average molecular weight is 678 g/mol. The van der Waals surface area contributed by atoms with E-state index in [-0.39, 0.29) is 6.92 Å². The predicted octanol–water partition coefficient (Wildman–Crippen LogP) is 11.3. The number of fused-ring (bicyclic) bond motifs is 10. The Balaban J connectivity index is 0.915. The molecule has 12 rings (SSSR count). The Morgan fingerprint density at radius 3 is 1.96 bits per heavy atom. The molecule has 0 radical (unpaired) electrons. The van der Waals surface area contributed by atoms with Gasteiger partial charge in [-0.25, -0.2) is 0 Å². The summed E-state index contributed by atoms with van der Waals surface area (Å²) in [6, 6.07) is 60.0. The normalized spacial score (nSPS) is 12.8. The molecule has 4 heterocycles. The van der Waals surface area contributed by atoms with Gasteiger partial charge in [-0.15, -0.1) is 0 Å². The van der Waals surface area contributed by atoms with Gasteiger partial charge in [0.15, 0.2) is 0 Å². The van der Waals surface area contributed by atoms with Crippen LogP contribution < -0.4 is 20.3 Å². The minimum absolute atomic E-state index is 0.270. The lowest BCUT2D eigenvalue weighted by Crippen LogP contribution is -2.53. The molecule has 4 nitrogen and oxygen atoms in total. The molecule has 0 N–H and O–H groups in total. The van der Waals surface area contributed by atoms with Gasteiger partial charge in [0.1, 0.15) is 28.4 Å². The molecular formula is C48H28BNO3. The summed E-state index contributed by atoms with van der Waals surface area (Å²) in [6.07, 6.45) is 0. The molecule has 53 heavy (non-hydrogen) atoms. The fourth-order valence-electron chi connectivity index (χ4n) is 8.63. The van der Waals surface area contributed by atoms with E-state index in [0.717, 1.165) is 89.2 Å². The first-order valence-corrected chi connectivity index (χ1v) is 18.0. The van der Waals surface area contributed by atoms with E-state index in [1.807, 2.05) is 12.1 Å². The van der Waals surface area contributed by atoms with Crippen LogP contribution in [0.15, 0.2) is 174 Å². The maximum absolute atomic E-state index is 6.86. The van der Waals surface area contributed by atoms with Crippen molar-refractivity contribution in [3.8, 4) is 56.3 Å². The van der Waals surface area contributed by atoms with Gasteiger partial charge in [0, 0.05) is 43.7 Å². The van der Waals surface area contributed by atoms with Crippen LogP contribution in [0, 0.1) is 0 Å². The number of rotatable bonds is 3. The third-order valence-electron chi connectivity index (χ3n) is 11.1. The Morgan fingerprint density at radius 2 is 1.09 bits per heavy atom. The summed E-state index contributed by atoms with van der Waals surface area (Å²) in [4.78, 5) is 0. The lowest BCUT2D eigenvalue weighted by molar-refractivity contribution is 0.479. The number of nitrogens with zero attached hydrogens (tertiary/aromatic N) is 1. The molecule has 2 aromatic heterocycles. The quantitative estimate of drug-likeness (QED) is 0.175. The van der Waals surface area contributed by atoms with Crippen molar-refractivity contribution in [3.05, 3.63) is 170 Å². The zero-order valence-electron chi connectivity index (χ0n) is 28.4. The monoisotopic (exact) mass is 677 g/mol. The topological polar surface area (TPSA) is 36.5 Å². The van der Waals surface area contributed by atoms with Crippen molar-refractivity contribution in [1.29, 1.82) is 0 Å². The third kappa shape index (κ3) is 4.19. The second kappa shape index (κ2) is 10.8. The average Bonchev–Trinajstić information content (AvgIpc) is 3.76. The van der Waals surface area contributed by atoms with Crippen molar-refractivity contribution >= 4 is 61.6 Å². The van der Waals surface area contributed by atoms with E-state index in [4.69, 9.17) is 13.8 Å². The number of ether oxygens (including phenoxy) is 1. The van der Waals surface area contributed by atoms with Crippen LogP contribution in [0.3, 0.4) is 0 Å². The summed E-state index contributed by atoms with van der Waals surface area (Å²) in [6.45, 7) is -0.270. The van der Waals surface area contributed by atoms with Gasteiger partial charge >= 0.3 is 6.92 Å². The summed E-state index contributed by atoms with van der Waals surface area (Å²) >= 11 is 0. The molecule has 8 aromatic carbocycles. The van der Waals surface area contributed by atoms with Crippen molar-refractivity contribution in [1.82, 2.24) is 4.57 Å². The zero-order valence-corrected chi connectivity index (χ0v) is 28.4. The van der Waals surface area contributed by atoms with E-state index in [9.17, 15) is 0 Å². The van der Waals surface area contributed by atoms with Crippen molar-refractivity contribution in [2.75, 3.05) is 0 Å². The fourth-order valence-corrected chi connectivity index (χ4v) is 8.63. The maximum Gasteiger partial charge on any atom is 0.434 e. The van der Waals surface area contributed by atoms with E-state index in [2.05, 4.69) is 162 Å². The standard InChI is InChI=1S/C48H28BNO3/c1-4-15-41-34(11-1)35-12-2-5-16-42(35)50(41)33-10-7-9-29(25-33)32-20-23-40-47(28-32)52-45-18-8-14-38-39-26-30(21-24-44(39)53-49(40)48(38)45)31-19-22-37-36-13-3-6-17-43(36)51-46(37)27-31/h1-28H. The summed E-state index contributed by atoms with van der Waals surface area (Å²) in [5.41, 5.74) is 14.0. The van der Waals surface area contributed by atoms with Gasteiger partial charge in [-0.1, -0.05) is 103 Å². The van der Waals surface area contributed by atoms with Crippen LogP contribution in [-0.4, -0.2) is 11.5 Å². The van der Waals surface area contributed by atoms with E-state index in [1.54, 1.807) is 0 Å². The highest BCUT2D eigenvalue weighted by Gasteiger charge is 2.40. The van der Waals surface area contributed by atoms with Crippen LogP contribution in [0.1, 0.15) is 0 Å². The van der Waals surface area contributed by atoms with Crippen molar-refractivity contribution in [2.24, 2.45) is 0 Å². The first-order valence-electron chi connectivity index (χ1n) is 18.0. The highest BCUT2D eigenvalue weighted by atomic mass is 16.5. The molecule has 2 aliphatic rings. The SMILES string of the molecule is c1cc(-c2ccc3c(c2)Oc2cccc4c2B3Oc2ccc(-c3ccc5c(c3)oc3ccccc35)cc2-4)cc(-n2c3ccccc3c3ccccc32)c1. The molecular weight excluding hydrogens is 649 g/mol. The number of benzene rings is 8. The number of para-hydroxylation sites is 3. The van der Waals surface area contributed by atoms with Crippen LogP contribution in [0.4, 0.5) is 0 Å². The lowest BCUT2D eigenvalue weighted by Gasteiger charge is -2.33. The predicted molar refractivity (Wildman–Crippen MR) is 217 cm³/mol. The zero-order chi connectivity index (χ0) is 34.6. The molecule has 0 bridgehead atoms. The number of furan rings is 1. The summed E-state index contributed by atoms with van der Waals surface area (Å²) < 4.78 is 22.1. The Hall–Kier alpha value is -6.98. The summed E-state index contributed by atoms with van der Waals surface area (Å²) in [5, 5.41) is 4.77. The Morgan fingerprint density at radius 1 is 0.415 bits per heavy atom. The molecule has 0 fully saturated rings. The van der Waals surface area contributed by atoms with E-state index in [0.29, 0.717) is 0 Å². The van der Waals surface area contributed by atoms with E-state index in [1.165, 1.54) is 21.8 Å². The molecule has 0 atom stereocenters. The highest BCUT2D eigenvalue weighted by Crippen LogP contribution is 2.42. The summed E-state index contributed by atoms with van der Waals surface area (Å²) in [5.74, 6) is 2.51. The molecule has 0 saturated carbocycles. The van der Waals surface area contributed by atoms with Gasteiger partial charge in [-0.3, -0.25) is 0 Å². The van der Waals surface area contributed by atoms with Crippen LogP contribution in [-0.2, 0) is 0 Å². The lowest BCUT2D eigenvalue weighted by atomic mass is 9.51. The van der Waals surface area contributed by atoms with Crippen LogP contribution >= 0.6 is 0 Å². The van der Waals surface area contributed by atoms with Gasteiger partial charge in [-0.05, 0) is 94.5 Å². The second-order valence-electron chi connectivity index (χ2n) is 14.0. The van der Waals surface area contributed by atoms with Crippen LogP contribution in [0.5, 0.6) is 17.2 Å². The minimum atomic E-state index is -0.270. The van der Waals surface area contributed by atoms with E-state index < -0.39 is 0 Å². The first-order chi connectivity index (χ1) is 26.2. The smallest absolute Gasteiger partial charge is 0.434 e. The molecule has 0 saturated heterocycles. The molecule has 0 unspecified atom stereocenters. The molecule has 2 aliphatic heterocycles. The van der Waals surface area contributed by atoms with Crippen molar-refractivity contribution in [3.63, 3.8) is 0 Å². The van der Waals surface area contributed by atoms with Gasteiger partial charge < -0.3 is 18.4 Å². The Bertz CT molecular complexity index is 3100. The molecule has 246 valence electrons. The number of aromatic nitrogens is 1. The van der Waals surface area contributed by atoms with Gasteiger partial charge in [-0.2, -0.15) is 0 Å². The minimum Gasteiger partial charge on any atom is -0.551 e. The van der Waals surface area contributed by atoms with Gasteiger partial charge in [0.05, 0.1) is 11.0 Å². The maximum atomic E-state index is 6.86. The Kier molecular flexibility index (Phi) is 5.83.